The highest BCUT2D eigenvalue weighted by Gasteiger charge is 2.39. The van der Waals surface area contributed by atoms with Crippen LogP contribution < -0.4 is 4.74 Å². The van der Waals surface area contributed by atoms with E-state index < -0.39 is 6.61 Å². The minimum Gasteiger partial charge on any atom is -0.434 e. The first-order valence-electron chi connectivity index (χ1n) is 8.46. The van der Waals surface area contributed by atoms with Crippen molar-refractivity contribution in [3.8, 4) is 5.75 Å². The third-order valence-electron chi connectivity index (χ3n) is 5.08. The Morgan fingerprint density at radius 2 is 2.09 bits per heavy atom. The number of piperidine rings is 1. The van der Waals surface area contributed by atoms with Crippen molar-refractivity contribution in [3.63, 3.8) is 0 Å². The number of aliphatic hydroxyl groups is 1. The van der Waals surface area contributed by atoms with Crippen LogP contribution in [0.25, 0.3) is 0 Å². The molecule has 1 heterocycles. The Bertz CT molecular complexity index is 521. The van der Waals surface area contributed by atoms with Crippen LogP contribution in [0, 0.1) is 11.3 Å². The van der Waals surface area contributed by atoms with Crippen molar-refractivity contribution in [2.45, 2.75) is 45.3 Å². The minimum absolute atomic E-state index is 0.0159. The van der Waals surface area contributed by atoms with Gasteiger partial charge in [0.2, 0.25) is 0 Å². The van der Waals surface area contributed by atoms with Gasteiger partial charge in [-0.25, -0.2) is 0 Å². The van der Waals surface area contributed by atoms with E-state index in [9.17, 15) is 13.9 Å². The Morgan fingerprint density at radius 1 is 1.30 bits per heavy atom. The summed E-state index contributed by atoms with van der Waals surface area (Å²) in [5.74, 6) is 1.03. The highest BCUT2D eigenvalue weighted by Crippen LogP contribution is 2.44. The van der Waals surface area contributed by atoms with Gasteiger partial charge in [-0.3, -0.25) is 4.90 Å². The lowest BCUT2D eigenvalue weighted by Crippen LogP contribution is -2.45. The molecule has 23 heavy (non-hydrogen) atoms. The van der Waals surface area contributed by atoms with Crippen molar-refractivity contribution in [3.05, 3.63) is 29.8 Å². The molecule has 2 fully saturated rings. The second kappa shape index (κ2) is 7.14. The summed E-state index contributed by atoms with van der Waals surface area (Å²) in [6.07, 6.45) is 5.77. The van der Waals surface area contributed by atoms with Crippen LogP contribution in [0.2, 0.25) is 0 Å². The lowest BCUT2D eigenvalue weighted by atomic mass is 9.76. The first-order chi connectivity index (χ1) is 11.1. The van der Waals surface area contributed by atoms with Gasteiger partial charge in [0, 0.05) is 30.7 Å². The second-order valence-corrected chi connectivity index (χ2v) is 7.11. The van der Waals surface area contributed by atoms with E-state index in [0.717, 1.165) is 43.8 Å². The number of aliphatic hydroxyl groups excluding tert-OH is 1. The molecule has 1 saturated heterocycles. The topological polar surface area (TPSA) is 32.7 Å². The lowest BCUT2D eigenvalue weighted by molar-refractivity contribution is -0.0512. The largest absolute Gasteiger partial charge is 0.434 e. The van der Waals surface area contributed by atoms with Gasteiger partial charge in [-0.2, -0.15) is 8.78 Å². The van der Waals surface area contributed by atoms with Crippen LogP contribution in [-0.4, -0.2) is 36.3 Å². The van der Waals surface area contributed by atoms with Crippen molar-refractivity contribution < 1.29 is 18.6 Å². The molecule has 3 nitrogen and oxygen atoms in total. The van der Waals surface area contributed by atoms with E-state index in [-0.39, 0.29) is 17.8 Å². The van der Waals surface area contributed by atoms with Gasteiger partial charge in [-0.1, -0.05) is 31.0 Å². The van der Waals surface area contributed by atoms with E-state index in [2.05, 4.69) is 9.64 Å². The van der Waals surface area contributed by atoms with Gasteiger partial charge in [-0.05, 0) is 37.8 Å². The predicted molar refractivity (Wildman–Crippen MR) is 84.4 cm³/mol. The van der Waals surface area contributed by atoms with Crippen LogP contribution in [0.5, 0.6) is 5.75 Å². The van der Waals surface area contributed by atoms with Crippen molar-refractivity contribution in [2.75, 3.05) is 19.7 Å². The number of hydrogen-bond donors (Lipinski definition) is 1. The average Bonchev–Trinajstić information content (AvgIpc) is 3.33. The van der Waals surface area contributed by atoms with Crippen LogP contribution in [0.3, 0.4) is 0 Å². The molecule has 0 spiro atoms. The quantitative estimate of drug-likeness (QED) is 0.830. The Labute approximate surface area is 136 Å². The number of likely N-dealkylation sites (tertiary alicyclic amines) is 1. The molecule has 1 atom stereocenters. The number of benzene rings is 1. The van der Waals surface area contributed by atoms with Crippen molar-refractivity contribution in [1.29, 1.82) is 0 Å². The average molecular weight is 325 g/mol. The highest BCUT2D eigenvalue weighted by molar-refractivity contribution is 5.33. The number of hydrogen-bond acceptors (Lipinski definition) is 3. The summed E-state index contributed by atoms with van der Waals surface area (Å²) in [5.41, 5.74) is 0.769. The van der Waals surface area contributed by atoms with Crippen LogP contribution in [0.4, 0.5) is 8.78 Å². The molecule has 1 N–H and O–H groups in total. The molecule has 1 aromatic rings. The molecule has 0 bridgehead atoms. The van der Waals surface area contributed by atoms with Crippen molar-refractivity contribution in [2.24, 2.45) is 11.3 Å². The van der Waals surface area contributed by atoms with Gasteiger partial charge in [0.1, 0.15) is 5.75 Å². The third-order valence-corrected chi connectivity index (χ3v) is 5.08. The smallest absolute Gasteiger partial charge is 0.387 e. The SMILES string of the molecule is OCC1(CC2CC2)CCCN(Cc2ccccc2OC(F)F)C1. The van der Waals surface area contributed by atoms with Gasteiger partial charge in [0.15, 0.2) is 0 Å². The molecule has 5 heteroatoms. The molecule has 1 aliphatic carbocycles. The van der Waals surface area contributed by atoms with Crippen LogP contribution in [0.1, 0.15) is 37.7 Å². The summed E-state index contributed by atoms with van der Waals surface area (Å²) in [6, 6.07) is 6.99. The number of halogens is 2. The van der Waals surface area contributed by atoms with Gasteiger partial charge >= 0.3 is 6.61 Å². The molecule has 0 amide bonds. The summed E-state index contributed by atoms with van der Waals surface area (Å²) in [7, 11) is 0. The van der Waals surface area contributed by atoms with Gasteiger partial charge < -0.3 is 9.84 Å². The number of alkyl halides is 2. The van der Waals surface area contributed by atoms with Gasteiger partial charge in [0.25, 0.3) is 0 Å². The zero-order valence-corrected chi connectivity index (χ0v) is 13.4. The monoisotopic (exact) mass is 325 g/mol. The van der Waals surface area contributed by atoms with Crippen LogP contribution >= 0.6 is 0 Å². The summed E-state index contributed by atoms with van der Waals surface area (Å²) in [4.78, 5) is 2.27. The Kier molecular flexibility index (Phi) is 5.17. The standard InChI is InChI=1S/C18H25F2NO2/c19-17(20)23-16-5-2-1-4-15(16)11-21-9-3-8-18(12-21,13-22)10-14-6-7-14/h1-2,4-5,14,17,22H,3,6-13H2. The molecule has 1 aliphatic heterocycles. The van der Waals surface area contributed by atoms with E-state index in [1.807, 2.05) is 12.1 Å². The summed E-state index contributed by atoms with van der Waals surface area (Å²) in [5, 5.41) is 9.93. The fraction of sp³-hybridized carbons (Fsp3) is 0.667. The predicted octanol–water partition coefficient (Wildman–Crippen LogP) is 3.66. The Hall–Kier alpha value is -1.20. The van der Waals surface area contributed by atoms with Crippen molar-refractivity contribution in [1.82, 2.24) is 4.90 Å². The molecule has 1 aromatic carbocycles. The lowest BCUT2D eigenvalue weighted by Gasteiger charge is -2.42. The third kappa shape index (κ3) is 4.42. The maximum atomic E-state index is 12.5. The minimum atomic E-state index is -2.80. The van der Waals surface area contributed by atoms with Crippen LogP contribution in [0.15, 0.2) is 24.3 Å². The first kappa shape index (κ1) is 16.7. The molecular formula is C18H25F2NO2. The van der Waals surface area contributed by atoms with Crippen LogP contribution in [-0.2, 0) is 6.54 Å². The molecule has 128 valence electrons. The summed E-state index contributed by atoms with van der Waals surface area (Å²) in [6.45, 7) is -0.216. The van der Waals surface area contributed by atoms with Crippen molar-refractivity contribution >= 4 is 0 Å². The van der Waals surface area contributed by atoms with E-state index in [1.165, 1.54) is 12.8 Å². The number of ether oxygens (including phenoxy) is 1. The van der Waals surface area contributed by atoms with E-state index in [0.29, 0.717) is 6.54 Å². The van der Waals surface area contributed by atoms with Gasteiger partial charge in [-0.15, -0.1) is 0 Å². The highest BCUT2D eigenvalue weighted by atomic mass is 19.3. The first-order valence-corrected chi connectivity index (χ1v) is 8.46. The Balaban J connectivity index is 1.67. The molecule has 1 saturated carbocycles. The molecule has 1 unspecified atom stereocenters. The molecule has 0 aromatic heterocycles. The molecule has 3 rings (SSSR count). The normalized spacial score (nSPS) is 25.7. The van der Waals surface area contributed by atoms with Gasteiger partial charge in [0.05, 0.1) is 0 Å². The molecular weight excluding hydrogens is 300 g/mol. The number of para-hydroxylation sites is 1. The fourth-order valence-electron chi connectivity index (χ4n) is 3.83. The number of rotatable bonds is 7. The zero-order valence-electron chi connectivity index (χ0n) is 13.4. The maximum absolute atomic E-state index is 12.5. The Morgan fingerprint density at radius 3 is 2.78 bits per heavy atom. The number of nitrogens with zero attached hydrogens (tertiary/aromatic N) is 1. The zero-order chi connectivity index (χ0) is 16.3. The molecule has 2 aliphatic rings. The van der Waals surface area contributed by atoms with E-state index in [4.69, 9.17) is 0 Å². The molecule has 0 radical (unpaired) electrons. The second-order valence-electron chi connectivity index (χ2n) is 7.11. The maximum Gasteiger partial charge on any atom is 0.387 e. The summed E-state index contributed by atoms with van der Waals surface area (Å²) < 4.78 is 29.7. The van der Waals surface area contributed by atoms with E-state index >= 15 is 0 Å². The van der Waals surface area contributed by atoms with E-state index in [1.54, 1.807) is 12.1 Å². The summed E-state index contributed by atoms with van der Waals surface area (Å²) >= 11 is 0. The fourth-order valence-corrected chi connectivity index (χ4v) is 3.83.